The molecular weight excluding hydrogens is 864 g/mol. The maximum atomic E-state index is 13.0. The van der Waals surface area contributed by atoms with Gasteiger partial charge in [0.25, 0.3) is 7.82 Å². The zero-order valence-corrected chi connectivity index (χ0v) is 46.7. The summed E-state index contributed by atoms with van der Waals surface area (Å²) in [6, 6.07) is -0.798. The highest BCUT2D eigenvalue weighted by Crippen LogP contribution is 2.38. The lowest BCUT2D eigenvalue weighted by Crippen LogP contribution is -2.46. The lowest BCUT2D eigenvalue weighted by atomic mass is 10.0. The summed E-state index contributed by atoms with van der Waals surface area (Å²) in [5.74, 6) is -0.162. The zero-order chi connectivity index (χ0) is 49.9. The van der Waals surface area contributed by atoms with Crippen LogP contribution in [-0.2, 0) is 18.4 Å². The SMILES string of the molecule is CCCCCCC/C=C\C/C=C\C/C=C\CCCCCCCCCCCCCCCCCCCCC(=O)NC(COP(=O)([O-])OCC[N+](C)(C)C)C(O)CCCCCCCCCCCCCCC. The number of unbranched alkanes of at least 4 members (excludes halogenated alkanes) is 35. The number of nitrogens with zero attached hydrogens (tertiary/aromatic N) is 1. The van der Waals surface area contributed by atoms with Gasteiger partial charge in [0, 0.05) is 6.42 Å². The van der Waals surface area contributed by atoms with E-state index in [1.54, 1.807) is 0 Å². The zero-order valence-electron chi connectivity index (χ0n) is 45.8. The lowest BCUT2D eigenvalue weighted by Gasteiger charge is -2.30. The van der Waals surface area contributed by atoms with E-state index in [2.05, 4.69) is 55.6 Å². The van der Waals surface area contributed by atoms with Gasteiger partial charge in [0.2, 0.25) is 5.91 Å². The number of hydrogen-bond acceptors (Lipinski definition) is 6. The second-order valence-electron chi connectivity index (χ2n) is 21.4. The van der Waals surface area contributed by atoms with Gasteiger partial charge in [-0.2, -0.15) is 0 Å². The molecule has 0 fully saturated rings. The van der Waals surface area contributed by atoms with Gasteiger partial charge in [0.05, 0.1) is 39.9 Å². The van der Waals surface area contributed by atoms with Crippen LogP contribution in [-0.4, -0.2) is 68.5 Å². The normalized spacial score (nSPS) is 14.2. The Morgan fingerprint density at radius 2 is 0.853 bits per heavy atom. The molecule has 1 amide bonds. The predicted octanol–water partition coefficient (Wildman–Crippen LogP) is 17.1. The molecule has 0 bridgehead atoms. The number of aliphatic hydroxyl groups is 1. The molecule has 0 heterocycles. The van der Waals surface area contributed by atoms with E-state index in [1.165, 1.54) is 205 Å². The van der Waals surface area contributed by atoms with Crippen LogP contribution in [0.2, 0.25) is 0 Å². The number of hydrogen-bond donors (Lipinski definition) is 2. The summed E-state index contributed by atoms with van der Waals surface area (Å²) in [6.45, 7) is 4.73. The van der Waals surface area contributed by atoms with E-state index in [0.29, 0.717) is 23.9 Å². The molecule has 0 rings (SSSR count). The number of rotatable bonds is 54. The van der Waals surface area contributed by atoms with Gasteiger partial charge in [-0.3, -0.25) is 9.36 Å². The average Bonchev–Trinajstić information content (AvgIpc) is 3.30. The third-order valence-corrected chi connectivity index (χ3v) is 14.3. The van der Waals surface area contributed by atoms with E-state index in [9.17, 15) is 19.4 Å². The minimum absolute atomic E-state index is 0.0135. The summed E-state index contributed by atoms with van der Waals surface area (Å²) in [5, 5.41) is 14.0. The molecule has 0 aliphatic rings. The van der Waals surface area contributed by atoms with Crippen LogP contribution in [0.1, 0.15) is 284 Å². The molecule has 3 atom stereocenters. The summed E-state index contributed by atoms with van der Waals surface area (Å²) >= 11 is 0. The first-order valence-corrected chi connectivity index (χ1v) is 30.8. The number of quaternary nitrogens is 1. The first kappa shape index (κ1) is 66.7. The molecule has 0 aromatic heterocycles. The largest absolute Gasteiger partial charge is 0.756 e. The summed E-state index contributed by atoms with van der Waals surface area (Å²) in [6.07, 6.45) is 64.7. The van der Waals surface area contributed by atoms with Crippen LogP contribution in [0.25, 0.3) is 0 Å². The van der Waals surface area contributed by atoms with E-state index >= 15 is 0 Å². The third-order valence-electron chi connectivity index (χ3n) is 13.4. The van der Waals surface area contributed by atoms with E-state index < -0.39 is 20.0 Å². The quantitative estimate of drug-likeness (QED) is 0.0272. The Morgan fingerprint density at radius 3 is 1.24 bits per heavy atom. The maximum Gasteiger partial charge on any atom is 0.268 e. The van der Waals surface area contributed by atoms with Crippen molar-refractivity contribution in [1.29, 1.82) is 0 Å². The number of nitrogens with one attached hydrogen (secondary N) is 1. The van der Waals surface area contributed by atoms with Gasteiger partial charge < -0.3 is 28.8 Å². The molecule has 0 aromatic carbocycles. The topological polar surface area (TPSA) is 108 Å². The van der Waals surface area contributed by atoms with Crippen molar-refractivity contribution in [2.75, 3.05) is 40.9 Å². The standard InChI is InChI=1S/C59H115N2O6P/c1-6-8-10-12-14-16-18-20-21-22-23-24-25-26-27-28-29-30-31-32-33-34-35-36-37-38-39-41-43-45-47-49-51-53-59(63)60-57(56-67-68(64,65)66-55-54-61(3,4)5)58(62)52-50-48-46-44-42-40-19-17-15-13-11-9-7-2/h18,20,22-23,25-26,57-58,62H,6-17,19,21,24,27-56H2,1-5H3,(H-,60,63,64,65)/b20-18-,23-22-,26-25-. The molecule has 2 N–H and O–H groups in total. The number of amides is 1. The van der Waals surface area contributed by atoms with Crippen LogP contribution >= 0.6 is 7.82 Å². The number of carbonyl (C=O) groups excluding carboxylic acids is 1. The Kier molecular flexibility index (Phi) is 49.7. The molecule has 8 nitrogen and oxygen atoms in total. The number of phosphoric acid groups is 1. The monoisotopic (exact) mass is 979 g/mol. The molecule has 3 unspecified atom stereocenters. The number of allylic oxidation sites excluding steroid dienone is 6. The first-order valence-electron chi connectivity index (χ1n) is 29.3. The molecule has 0 saturated carbocycles. The summed E-state index contributed by atoms with van der Waals surface area (Å²) in [5.41, 5.74) is 0. The van der Waals surface area contributed by atoms with Gasteiger partial charge >= 0.3 is 0 Å². The van der Waals surface area contributed by atoms with Crippen molar-refractivity contribution in [3.63, 3.8) is 0 Å². The second-order valence-corrected chi connectivity index (χ2v) is 22.8. The van der Waals surface area contributed by atoms with Crippen molar-refractivity contribution in [3.8, 4) is 0 Å². The molecule has 0 radical (unpaired) electrons. The minimum Gasteiger partial charge on any atom is -0.756 e. The molecule has 0 spiro atoms. The first-order chi connectivity index (χ1) is 33.0. The molecule has 0 aromatic rings. The summed E-state index contributed by atoms with van der Waals surface area (Å²) in [4.78, 5) is 25.5. The average molecular weight is 980 g/mol. The highest BCUT2D eigenvalue weighted by molar-refractivity contribution is 7.45. The third kappa shape index (κ3) is 52.5. The van der Waals surface area contributed by atoms with E-state index in [4.69, 9.17) is 9.05 Å². The van der Waals surface area contributed by atoms with Gasteiger partial charge in [0.1, 0.15) is 13.2 Å². The van der Waals surface area contributed by atoms with Crippen LogP contribution < -0.4 is 10.2 Å². The number of aliphatic hydroxyl groups excluding tert-OH is 1. The Bertz CT molecular complexity index is 1200. The predicted molar refractivity (Wildman–Crippen MR) is 293 cm³/mol. The van der Waals surface area contributed by atoms with Gasteiger partial charge in [-0.1, -0.05) is 262 Å². The Balaban J connectivity index is 3.98. The number of likely N-dealkylation sites (N-methyl/N-ethyl adjacent to an activating group) is 1. The second kappa shape index (κ2) is 50.7. The van der Waals surface area contributed by atoms with Crippen molar-refractivity contribution >= 4 is 13.7 Å². The molecule has 0 aliphatic heterocycles. The van der Waals surface area contributed by atoms with E-state index in [1.807, 2.05) is 21.1 Å². The van der Waals surface area contributed by atoms with Gasteiger partial charge in [-0.25, -0.2) is 0 Å². The summed E-state index contributed by atoms with van der Waals surface area (Å²) in [7, 11) is 1.31. The van der Waals surface area contributed by atoms with Crippen molar-refractivity contribution in [1.82, 2.24) is 5.32 Å². The Morgan fingerprint density at radius 1 is 0.515 bits per heavy atom. The lowest BCUT2D eigenvalue weighted by molar-refractivity contribution is -0.870. The maximum absolute atomic E-state index is 13.0. The minimum atomic E-state index is -4.57. The summed E-state index contributed by atoms with van der Waals surface area (Å²) < 4.78 is 23.4. The van der Waals surface area contributed by atoms with Crippen molar-refractivity contribution in [3.05, 3.63) is 36.5 Å². The van der Waals surface area contributed by atoms with Gasteiger partial charge in [-0.05, 0) is 51.4 Å². The van der Waals surface area contributed by atoms with Crippen LogP contribution in [0.15, 0.2) is 36.5 Å². The molecule has 68 heavy (non-hydrogen) atoms. The highest BCUT2D eigenvalue weighted by Gasteiger charge is 2.24. The van der Waals surface area contributed by atoms with E-state index in [-0.39, 0.29) is 19.1 Å². The van der Waals surface area contributed by atoms with Gasteiger partial charge in [-0.15, -0.1) is 0 Å². The fraction of sp³-hybridized carbons (Fsp3) is 0.881. The number of carbonyl (C=O) groups is 1. The fourth-order valence-electron chi connectivity index (χ4n) is 8.76. The molecular formula is C59H115N2O6P. The fourth-order valence-corrected chi connectivity index (χ4v) is 9.48. The molecule has 9 heteroatoms. The van der Waals surface area contributed by atoms with Crippen LogP contribution in [0.3, 0.4) is 0 Å². The van der Waals surface area contributed by atoms with Crippen LogP contribution in [0.4, 0.5) is 0 Å². The molecule has 402 valence electrons. The van der Waals surface area contributed by atoms with Gasteiger partial charge in [0.15, 0.2) is 0 Å². The van der Waals surface area contributed by atoms with Crippen molar-refractivity contribution in [2.24, 2.45) is 0 Å². The Hall–Kier alpha value is -1.28. The smallest absolute Gasteiger partial charge is 0.268 e. The number of phosphoric ester groups is 1. The van der Waals surface area contributed by atoms with Crippen molar-refractivity contribution in [2.45, 2.75) is 296 Å². The Labute approximate surface area is 423 Å². The van der Waals surface area contributed by atoms with E-state index in [0.717, 1.165) is 51.4 Å². The van der Waals surface area contributed by atoms with Crippen molar-refractivity contribution < 1.29 is 32.9 Å². The highest BCUT2D eigenvalue weighted by atomic mass is 31.2. The van der Waals surface area contributed by atoms with Crippen LogP contribution in [0.5, 0.6) is 0 Å². The molecule has 0 saturated heterocycles. The van der Waals surface area contributed by atoms with Crippen LogP contribution in [0, 0.1) is 0 Å². The molecule has 0 aliphatic carbocycles.